The van der Waals surface area contributed by atoms with Gasteiger partial charge in [-0.2, -0.15) is 4.99 Å². The maximum absolute atomic E-state index is 12.3. The van der Waals surface area contributed by atoms with Gasteiger partial charge in [0.05, 0.1) is 21.6 Å². The lowest BCUT2D eigenvalue weighted by Gasteiger charge is -1.99. The van der Waals surface area contributed by atoms with Crippen molar-refractivity contribution < 1.29 is 19.2 Å². The van der Waals surface area contributed by atoms with Crippen LogP contribution in [0.25, 0.3) is 10.2 Å². The van der Waals surface area contributed by atoms with Gasteiger partial charge in [-0.3, -0.25) is 14.9 Å². The predicted octanol–water partition coefficient (Wildman–Crippen LogP) is 2.55. The van der Waals surface area contributed by atoms with Crippen LogP contribution in [0.2, 0.25) is 0 Å². The van der Waals surface area contributed by atoms with Gasteiger partial charge in [0.2, 0.25) is 6.79 Å². The van der Waals surface area contributed by atoms with Crippen LogP contribution >= 0.6 is 11.3 Å². The Hall–Kier alpha value is -3.20. The zero-order chi connectivity index (χ0) is 18.3. The molecule has 2 aromatic carbocycles. The quantitative estimate of drug-likeness (QED) is 0.521. The van der Waals surface area contributed by atoms with Crippen LogP contribution in [0.15, 0.2) is 41.4 Å². The first-order valence-corrected chi connectivity index (χ1v) is 8.53. The van der Waals surface area contributed by atoms with E-state index in [1.165, 1.54) is 23.5 Å². The summed E-state index contributed by atoms with van der Waals surface area (Å²) in [4.78, 5) is 27.2. The summed E-state index contributed by atoms with van der Waals surface area (Å²) in [6, 6.07) is 9.63. The Kier molecular flexibility index (Phi) is 3.92. The molecule has 3 aromatic rings. The fraction of sp³-hybridized carbons (Fsp3) is 0.176. The number of non-ortho nitro benzene ring substituents is 1. The second-order valence-electron chi connectivity index (χ2n) is 5.72. The molecule has 0 fully saturated rings. The van der Waals surface area contributed by atoms with Crippen molar-refractivity contribution in [2.45, 2.75) is 6.42 Å². The SMILES string of the molecule is Cn1c(=NC(=O)Cc2ccc([N+](=O)[O-])cc2)sc2cc3c(cc21)OCO3. The molecule has 0 saturated heterocycles. The summed E-state index contributed by atoms with van der Waals surface area (Å²) in [7, 11) is 1.83. The second-order valence-corrected chi connectivity index (χ2v) is 6.73. The van der Waals surface area contributed by atoms with Crippen LogP contribution in [-0.2, 0) is 18.3 Å². The van der Waals surface area contributed by atoms with E-state index in [-0.39, 0.29) is 24.8 Å². The molecule has 1 amide bonds. The highest BCUT2D eigenvalue weighted by Gasteiger charge is 2.17. The molecule has 0 radical (unpaired) electrons. The number of benzene rings is 2. The summed E-state index contributed by atoms with van der Waals surface area (Å²) >= 11 is 1.39. The minimum Gasteiger partial charge on any atom is -0.454 e. The third kappa shape index (κ3) is 2.93. The van der Waals surface area contributed by atoms with Crippen LogP contribution in [0.4, 0.5) is 5.69 Å². The van der Waals surface area contributed by atoms with Gasteiger partial charge in [0.15, 0.2) is 16.3 Å². The lowest BCUT2D eigenvalue weighted by molar-refractivity contribution is -0.384. The topological polar surface area (TPSA) is 96.0 Å². The molecule has 4 rings (SSSR count). The van der Waals surface area contributed by atoms with Crippen LogP contribution in [0.5, 0.6) is 11.5 Å². The maximum Gasteiger partial charge on any atom is 0.269 e. The van der Waals surface area contributed by atoms with Crippen molar-refractivity contribution in [2.24, 2.45) is 12.0 Å². The van der Waals surface area contributed by atoms with Gasteiger partial charge in [0, 0.05) is 31.3 Å². The van der Waals surface area contributed by atoms with Gasteiger partial charge in [-0.15, -0.1) is 0 Å². The molecule has 0 bridgehead atoms. The highest BCUT2D eigenvalue weighted by atomic mass is 32.1. The van der Waals surface area contributed by atoms with Gasteiger partial charge < -0.3 is 14.0 Å². The van der Waals surface area contributed by atoms with Crippen molar-refractivity contribution in [1.29, 1.82) is 0 Å². The number of carbonyl (C=O) groups is 1. The lowest BCUT2D eigenvalue weighted by atomic mass is 10.1. The average Bonchev–Trinajstić information content (AvgIpc) is 3.18. The van der Waals surface area contributed by atoms with Crippen LogP contribution in [0.3, 0.4) is 0 Å². The third-order valence-corrected chi connectivity index (χ3v) is 5.12. The summed E-state index contributed by atoms with van der Waals surface area (Å²) in [5.41, 5.74) is 1.57. The molecule has 0 N–H and O–H groups in total. The van der Waals surface area contributed by atoms with Crippen molar-refractivity contribution >= 4 is 33.1 Å². The van der Waals surface area contributed by atoms with E-state index in [0.29, 0.717) is 21.9 Å². The lowest BCUT2D eigenvalue weighted by Crippen LogP contribution is -2.14. The first kappa shape index (κ1) is 16.3. The van der Waals surface area contributed by atoms with E-state index in [1.54, 1.807) is 12.1 Å². The first-order valence-electron chi connectivity index (χ1n) is 7.71. The number of nitro groups is 1. The number of hydrogen-bond donors (Lipinski definition) is 0. The number of fused-ring (bicyclic) bond motifs is 2. The maximum atomic E-state index is 12.3. The fourth-order valence-electron chi connectivity index (χ4n) is 2.68. The molecule has 8 nitrogen and oxygen atoms in total. The highest BCUT2D eigenvalue weighted by molar-refractivity contribution is 7.16. The van der Waals surface area contributed by atoms with Gasteiger partial charge >= 0.3 is 0 Å². The summed E-state index contributed by atoms with van der Waals surface area (Å²) < 4.78 is 13.5. The van der Waals surface area contributed by atoms with Crippen LogP contribution in [0.1, 0.15) is 5.56 Å². The van der Waals surface area contributed by atoms with Crippen molar-refractivity contribution in [2.75, 3.05) is 6.79 Å². The Morgan fingerprint density at radius 2 is 1.96 bits per heavy atom. The standard InChI is InChI=1S/C17H13N3O5S/c1-19-12-7-13-14(25-9-24-13)8-15(12)26-17(19)18-16(21)6-10-2-4-11(5-3-10)20(22)23/h2-5,7-8H,6,9H2,1H3. The number of carbonyl (C=O) groups excluding carboxylic acids is 1. The predicted molar refractivity (Wildman–Crippen MR) is 94.3 cm³/mol. The average molecular weight is 371 g/mol. The Morgan fingerprint density at radius 3 is 2.65 bits per heavy atom. The molecule has 1 aromatic heterocycles. The Balaban J connectivity index is 1.62. The minimum atomic E-state index is -0.474. The molecule has 0 spiro atoms. The molecule has 1 aliphatic rings. The largest absolute Gasteiger partial charge is 0.454 e. The Bertz CT molecular complexity index is 1100. The first-order chi connectivity index (χ1) is 12.5. The number of ether oxygens (including phenoxy) is 2. The molecule has 0 saturated carbocycles. The molecule has 9 heteroatoms. The summed E-state index contributed by atoms with van der Waals surface area (Å²) in [5.74, 6) is 1.04. The van der Waals surface area contributed by atoms with E-state index in [2.05, 4.69) is 4.99 Å². The number of hydrogen-bond acceptors (Lipinski definition) is 6. The number of thiazole rings is 1. The van der Waals surface area contributed by atoms with E-state index in [4.69, 9.17) is 9.47 Å². The summed E-state index contributed by atoms with van der Waals surface area (Å²) in [6.07, 6.45) is 0.0783. The fourth-order valence-corrected chi connectivity index (χ4v) is 3.73. The van der Waals surface area contributed by atoms with Gasteiger partial charge in [-0.1, -0.05) is 23.5 Å². The molecule has 0 unspecified atom stereocenters. The van der Waals surface area contributed by atoms with E-state index < -0.39 is 4.92 Å². The van der Waals surface area contributed by atoms with Crippen LogP contribution in [0, 0.1) is 10.1 Å². The number of aromatic nitrogens is 1. The van der Waals surface area contributed by atoms with Gasteiger partial charge in [-0.05, 0) is 5.56 Å². The molecule has 1 aliphatic heterocycles. The minimum absolute atomic E-state index is 0.00784. The van der Waals surface area contributed by atoms with Crippen molar-refractivity contribution in [3.8, 4) is 11.5 Å². The molecule has 132 valence electrons. The smallest absolute Gasteiger partial charge is 0.269 e. The van der Waals surface area contributed by atoms with Crippen molar-refractivity contribution in [3.05, 3.63) is 56.9 Å². The second kappa shape index (κ2) is 6.26. The Labute approximate surface area is 151 Å². The number of nitro benzene ring substituents is 1. The molecule has 26 heavy (non-hydrogen) atoms. The van der Waals surface area contributed by atoms with E-state index in [1.807, 2.05) is 23.7 Å². The van der Waals surface area contributed by atoms with Gasteiger partial charge in [0.25, 0.3) is 11.6 Å². The van der Waals surface area contributed by atoms with Crippen LogP contribution < -0.4 is 14.3 Å². The van der Waals surface area contributed by atoms with Gasteiger partial charge in [0.1, 0.15) is 0 Å². The summed E-state index contributed by atoms with van der Waals surface area (Å²) in [5, 5.41) is 10.7. The molecule has 2 heterocycles. The molecular formula is C17H13N3O5S. The van der Waals surface area contributed by atoms with Gasteiger partial charge in [-0.25, -0.2) is 0 Å². The number of aryl methyl sites for hydroxylation is 1. The number of amides is 1. The molecular weight excluding hydrogens is 358 g/mol. The van der Waals surface area contributed by atoms with E-state index in [0.717, 1.165) is 10.2 Å². The number of rotatable bonds is 3. The van der Waals surface area contributed by atoms with Crippen LogP contribution in [-0.4, -0.2) is 22.2 Å². The monoisotopic (exact) mass is 371 g/mol. The molecule has 0 aliphatic carbocycles. The summed E-state index contributed by atoms with van der Waals surface area (Å²) in [6.45, 7) is 0.210. The molecule has 0 atom stereocenters. The zero-order valence-electron chi connectivity index (χ0n) is 13.7. The Morgan fingerprint density at radius 1 is 1.27 bits per heavy atom. The highest BCUT2D eigenvalue weighted by Crippen LogP contribution is 2.36. The zero-order valence-corrected chi connectivity index (χ0v) is 14.5. The van der Waals surface area contributed by atoms with Crippen molar-refractivity contribution in [3.63, 3.8) is 0 Å². The normalized spacial score (nSPS) is 13.3. The van der Waals surface area contributed by atoms with E-state index in [9.17, 15) is 14.9 Å². The number of nitrogens with zero attached hydrogens (tertiary/aromatic N) is 3. The van der Waals surface area contributed by atoms with E-state index >= 15 is 0 Å². The third-order valence-electron chi connectivity index (χ3n) is 4.03. The van der Waals surface area contributed by atoms with Crippen molar-refractivity contribution in [1.82, 2.24) is 4.57 Å².